The van der Waals surface area contributed by atoms with Gasteiger partial charge in [0, 0.05) is 61.5 Å². The number of carbonyl (C=O) groups excluding carboxylic acids is 2. The van der Waals surface area contributed by atoms with Gasteiger partial charge in [-0.2, -0.15) is 0 Å². The summed E-state index contributed by atoms with van der Waals surface area (Å²) in [4.78, 5) is 39.3. The Labute approximate surface area is 218 Å². The predicted molar refractivity (Wildman–Crippen MR) is 138 cm³/mol. The normalized spacial score (nSPS) is 20.3. The number of hydrogen-bond donors (Lipinski definition) is 0. The van der Waals surface area contributed by atoms with Crippen molar-refractivity contribution in [3.63, 3.8) is 0 Å². The largest absolute Gasteiger partial charge is 0.330 e. The number of piperidine rings is 1. The van der Waals surface area contributed by atoms with Gasteiger partial charge in [0.15, 0.2) is 0 Å². The van der Waals surface area contributed by atoms with Crippen LogP contribution in [0, 0.1) is 5.82 Å². The topological polar surface area (TPSA) is 70.8 Å². The molecular formula is C28H25ClFN5O2. The fourth-order valence-corrected chi connectivity index (χ4v) is 5.73. The van der Waals surface area contributed by atoms with E-state index in [1.807, 2.05) is 40.9 Å². The molecule has 2 bridgehead atoms. The summed E-state index contributed by atoms with van der Waals surface area (Å²) < 4.78 is 16.5. The minimum absolute atomic E-state index is 0.0539. The highest BCUT2D eigenvalue weighted by Crippen LogP contribution is 2.32. The molecule has 0 aliphatic carbocycles. The Kier molecular flexibility index (Phi) is 6.22. The molecule has 7 nitrogen and oxygen atoms in total. The molecule has 2 aromatic carbocycles. The fourth-order valence-electron chi connectivity index (χ4n) is 5.60. The van der Waals surface area contributed by atoms with Gasteiger partial charge >= 0.3 is 0 Å². The van der Waals surface area contributed by atoms with Crippen molar-refractivity contribution in [1.82, 2.24) is 24.2 Å². The molecule has 0 spiro atoms. The summed E-state index contributed by atoms with van der Waals surface area (Å²) in [6.07, 6.45) is 4.86. The van der Waals surface area contributed by atoms with Gasteiger partial charge in [0.05, 0.1) is 23.0 Å². The average Bonchev–Trinajstić information content (AvgIpc) is 3.20. The number of imidazole rings is 1. The minimum Gasteiger partial charge on any atom is -0.330 e. The van der Waals surface area contributed by atoms with E-state index in [0.29, 0.717) is 43.3 Å². The van der Waals surface area contributed by atoms with Gasteiger partial charge in [-0.15, -0.1) is 0 Å². The zero-order valence-electron chi connectivity index (χ0n) is 20.1. The van der Waals surface area contributed by atoms with Crippen LogP contribution >= 0.6 is 11.6 Å². The number of hydrogen-bond acceptors (Lipinski definition) is 5. The van der Waals surface area contributed by atoms with Gasteiger partial charge in [-0.1, -0.05) is 35.9 Å². The number of carbonyl (C=O) groups is 2. The van der Waals surface area contributed by atoms with Gasteiger partial charge in [-0.3, -0.25) is 18.9 Å². The molecule has 0 saturated carbocycles. The van der Waals surface area contributed by atoms with E-state index < -0.39 is 5.82 Å². The summed E-state index contributed by atoms with van der Waals surface area (Å²) in [5.74, 6) is -0.134. The molecule has 2 aliphatic rings. The van der Waals surface area contributed by atoms with Gasteiger partial charge in [0.2, 0.25) is 5.78 Å². The molecule has 188 valence electrons. The smallest absolute Gasteiger partial charge is 0.257 e. The molecule has 1 amide bonds. The van der Waals surface area contributed by atoms with Crippen LogP contribution in [0.5, 0.6) is 0 Å². The molecule has 2 unspecified atom stereocenters. The summed E-state index contributed by atoms with van der Waals surface area (Å²) in [5.41, 5.74) is 2.78. The molecule has 9 heteroatoms. The first-order valence-corrected chi connectivity index (χ1v) is 12.7. The lowest BCUT2D eigenvalue weighted by molar-refractivity contribution is -0.124. The molecule has 2 aromatic heterocycles. The van der Waals surface area contributed by atoms with Crippen LogP contribution in [0.4, 0.5) is 4.39 Å². The second kappa shape index (κ2) is 9.68. The number of aromatic nitrogens is 3. The van der Waals surface area contributed by atoms with Crippen molar-refractivity contribution in [2.24, 2.45) is 0 Å². The van der Waals surface area contributed by atoms with Crippen molar-refractivity contribution < 1.29 is 14.0 Å². The van der Waals surface area contributed by atoms with E-state index in [4.69, 9.17) is 16.6 Å². The molecule has 4 aromatic rings. The zero-order valence-corrected chi connectivity index (χ0v) is 20.8. The van der Waals surface area contributed by atoms with E-state index in [9.17, 15) is 14.0 Å². The monoisotopic (exact) mass is 517 g/mol. The van der Waals surface area contributed by atoms with Crippen LogP contribution in [0.1, 0.15) is 35.3 Å². The van der Waals surface area contributed by atoms with Gasteiger partial charge in [0.25, 0.3) is 5.91 Å². The van der Waals surface area contributed by atoms with E-state index in [0.717, 1.165) is 17.0 Å². The number of halogens is 2. The summed E-state index contributed by atoms with van der Waals surface area (Å²) in [5, 5.41) is 0.649. The molecule has 6 rings (SSSR count). The third kappa shape index (κ3) is 4.51. The molecule has 37 heavy (non-hydrogen) atoms. The number of rotatable bonds is 4. The number of benzene rings is 2. The highest BCUT2D eigenvalue weighted by atomic mass is 35.5. The highest BCUT2D eigenvalue weighted by molar-refractivity contribution is 6.30. The van der Waals surface area contributed by atoms with E-state index in [1.54, 1.807) is 23.2 Å². The average molecular weight is 518 g/mol. The van der Waals surface area contributed by atoms with E-state index in [2.05, 4.69) is 9.88 Å². The van der Waals surface area contributed by atoms with E-state index >= 15 is 0 Å². The molecule has 2 atom stereocenters. The van der Waals surface area contributed by atoms with Crippen molar-refractivity contribution in [3.05, 3.63) is 89.1 Å². The summed E-state index contributed by atoms with van der Waals surface area (Å²) in [6, 6.07) is 14.9. The van der Waals surface area contributed by atoms with Crippen LogP contribution < -0.4 is 0 Å². The maximum atomic E-state index is 14.5. The third-order valence-corrected chi connectivity index (χ3v) is 7.55. The number of amides is 1. The molecule has 4 heterocycles. The first-order valence-electron chi connectivity index (χ1n) is 12.4. The van der Waals surface area contributed by atoms with Crippen molar-refractivity contribution in [2.45, 2.75) is 37.9 Å². The number of ketones is 1. The third-order valence-electron chi connectivity index (χ3n) is 7.29. The molecule has 2 aliphatic heterocycles. The molecular weight excluding hydrogens is 493 g/mol. The molecule has 2 saturated heterocycles. The zero-order chi connectivity index (χ0) is 25.5. The quantitative estimate of drug-likeness (QED) is 0.394. The van der Waals surface area contributed by atoms with Crippen molar-refractivity contribution in [2.75, 3.05) is 13.1 Å². The van der Waals surface area contributed by atoms with Crippen molar-refractivity contribution >= 4 is 29.1 Å². The maximum absolute atomic E-state index is 14.5. The Morgan fingerprint density at radius 1 is 1.05 bits per heavy atom. The van der Waals surface area contributed by atoms with E-state index in [-0.39, 0.29) is 35.8 Å². The van der Waals surface area contributed by atoms with Crippen molar-refractivity contribution in [3.8, 4) is 11.3 Å². The van der Waals surface area contributed by atoms with Crippen LogP contribution in [0.25, 0.3) is 17.0 Å². The molecule has 0 radical (unpaired) electrons. The standard InChI is InChI=1S/C28H25ClFN5O2/c29-19-8-6-18(7-9-19)26-25(34-12-3-11-31-28(34)32-26)17-33-13-10-20-14-22(36)15-21(16-33)35(20)27(37)23-4-1-2-5-24(23)30/h1-9,11-12,20-21H,10,13-17H2. The van der Waals surface area contributed by atoms with E-state index in [1.165, 1.54) is 12.1 Å². The Morgan fingerprint density at radius 3 is 2.65 bits per heavy atom. The Hall–Kier alpha value is -3.62. The summed E-state index contributed by atoms with van der Waals surface area (Å²) in [7, 11) is 0. The summed E-state index contributed by atoms with van der Waals surface area (Å²) in [6.45, 7) is 1.77. The molecule has 2 fully saturated rings. The molecule has 0 N–H and O–H groups in total. The first-order chi connectivity index (χ1) is 18.0. The lowest BCUT2D eigenvalue weighted by atomic mass is 9.92. The SMILES string of the molecule is O=C1CC2CCN(Cc3c(-c4ccc(Cl)cc4)nc4ncccn34)CC(C1)N2C(=O)c1ccccc1F. The first kappa shape index (κ1) is 23.8. The number of nitrogens with zero attached hydrogens (tertiary/aromatic N) is 5. The van der Waals surface area contributed by atoms with Gasteiger partial charge in [0.1, 0.15) is 11.6 Å². The minimum atomic E-state index is -0.538. The van der Waals surface area contributed by atoms with Crippen LogP contribution in [0.3, 0.4) is 0 Å². The van der Waals surface area contributed by atoms with Crippen LogP contribution in [-0.4, -0.2) is 61.0 Å². The van der Waals surface area contributed by atoms with Gasteiger partial charge < -0.3 is 4.90 Å². The van der Waals surface area contributed by atoms with Crippen LogP contribution in [0.2, 0.25) is 5.02 Å². The van der Waals surface area contributed by atoms with Gasteiger partial charge in [-0.05, 0) is 36.8 Å². The second-order valence-electron chi connectivity index (χ2n) is 9.67. The lowest BCUT2D eigenvalue weighted by Crippen LogP contribution is -2.53. The summed E-state index contributed by atoms with van der Waals surface area (Å²) >= 11 is 6.12. The maximum Gasteiger partial charge on any atom is 0.257 e. The van der Waals surface area contributed by atoms with Crippen molar-refractivity contribution in [1.29, 1.82) is 0 Å². The highest BCUT2D eigenvalue weighted by Gasteiger charge is 2.41. The Bertz CT molecular complexity index is 1490. The Morgan fingerprint density at radius 2 is 1.84 bits per heavy atom. The predicted octanol–water partition coefficient (Wildman–Crippen LogP) is 4.64. The second-order valence-corrected chi connectivity index (χ2v) is 10.1. The Balaban J connectivity index is 1.33. The fraction of sp³-hybridized carbons (Fsp3) is 0.286. The van der Waals surface area contributed by atoms with Gasteiger partial charge in [-0.25, -0.2) is 14.4 Å². The van der Waals surface area contributed by atoms with Crippen LogP contribution in [0.15, 0.2) is 67.0 Å². The number of Topliss-reactive ketones (excluding diaryl/α,β-unsaturated/α-hetero) is 1. The lowest BCUT2D eigenvalue weighted by Gasteiger charge is -2.40. The van der Waals surface area contributed by atoms with Crippen LogP contribution in [-0.2, 0) is 11.3 Å². The number of fused-ring (bicyclic) bond motifs is 3.